The summed E-state index contributed by atoms with van der Waals surface area (Å²) >= 11 is 5.82. The largest absolute Gasteiger partial charge is 0.348 e. The third-order valence-electron chi connectivity index (χ3n) is 3.86. The molecule has 0 atom stereocenters. The molecule has 0 spiro atoms. The van der Waals surface area contributed by atoms with Gasteiger partial charge in [0.25, 0.3) is 0 Å². The highest BCUT2D eigenvalue weighted by Crippen LogP contribution is 2.17. The quantitative estimate of drug-likeness (QED) is 0.681. The number of amides is 1. The van der Waals surface area contributed by atoms with Gasteiger partial charge in [-0.25, -0.2) is 9.37 Å². The Kier molecular flexibility index (Phi) is 5.49. The van der Waals surface area contributed by atoms with E-state index < -0.39 is 0 Å². The van der Waals surface area contributed by atoms with Crippen LogP contribution in [0.5, 0.6) is 0 Å². The number of rotatable bonds is 5. The first-order chi connectivity index (χ1) is 12.5. The zero-order valence-corrected chi connectivity index (χ0v) is 14.9. The standard InChI is InChI=1S/C20H17ClFN3O/c1-14-23-10-11-25(14)19-8-4-16(12-18(19)22)13-24-20(26)9-5-15-2-6-17(21)7-3-15/h2-12H,13H2,1H3,(H,24,26)/b9-5+. The number of carbonyl (C=O) groups excluding carboxylic acids is 1. The summed E-state index contributed by atoms with van der Waals surface area (Å²) in [6.45, 7) is 2.05. The Morgan fingerprint density at radius 2 is 2.04 bits per heavy atom. The number of nitrogens with zero attached hydrogens (tertiary/aromatic N) is 2. The first-order valence-corrected chi connectivity index (χ1v) is 8.41. The average Bonchev–Trinajstić information content (AvgIpc) is 3.05. The Bertz CT molecular complexity index is 948. The fourth-order valence-electron chi connectivity index (χ4n) is 2.48. The molecule has 0 aliphatic rings. The van der Waals surface area contributed by atoms with Crippen molar-refractivity contribution in [1.29, 1.82) is 0 Å². The van der Waals surface area contributed by atoms with Gasteiger partial charge in [-0.15, -0.1) is 0 Å². The molecule has 0 unspecified atom stereocenters. The van der Waals surface area contributed by atoms with Crippen molar-refractivity contribution < 1.29 is 9.18 Å². The lowest BCUT2D eigenvalue weighted by atomic mass is 10.2. The zero-order valence-electron chi connectivity index (χ0n) is 14.1. The first kappa shape index (κ1) is 17.9. The van der Waals surface area contributed by atoms with Gasteiger partial charge >= 0.3 is 0 Å². The van der Waals surface area contributed by atoms with Crippen molar-refractivity contribution in [3.63, 3.8) is 0 Å². The van der Waals surface area contributed by atoms with E-state index >= 15 is 0 Å². The number of aryl methyl sites for hydroxylation is 1. The molecule has 1 aromatic heterocycles. The molecule has 3 aromatic rings. The maximum Gasteiger partial charge on any atom is 0.244 e. The van der Waals surface area contributed by atoms with Crippen LogP contribution in [0.3, 0.4) is 0 Å². The molecule has 0 saturated carbocycles. The summed E-state index contributed by atoms with van der Waals surface area (Å²) in [5, 5.41) is 3.38. The van der Waals surface area contributed by atoms with Gasteiger partial charge in [0.05, 0.1) is 5.69 Å². The van der Waals surface area contributed by atoms with Crippen molar-refractivity contribution in [2.24, 2.45) is 0 Å². The Labute approximate surface area is 155 Å². The molecule has 0 bridgehead atoms. The first-order valence-electron chi connectivity index (χ1n) is 8.03. The van der Waals surface area contributed by atoms with Crippen LogP contribution in [0.1, 0.15) is 17.0 Å². The Balaban J connectivity index is 1.61. The van der Waals surface area contributed by atoms with E-state index in [1.165, 1.54) is 12.1 Å². The van der Waals surface area contributed by atoms with Crippen molar-refractivity contribution in [3.8, 4) is 5.69 Å². The van der Waals surface area contributed by atoms with Crippen LogP contribution in [0, 0.1) is 12.7 Å². The predicted molar refractivity (Wildman–Crippen MR) is 101 cm³/mol. The van der Waals surface area contributed by atoms with Crippen LogP contribution < -0.4 is 5.32 Å². The second kappa shape index (κ2) is 7.97. The van der Waals surface area contributed by atoms with Crippen molar-refractivity contribution in [1.82, 2.24) is 14.9 Å². The molecular weight excluding hydrogens is 353 g/mol. The molecule has 1 amide bonds. The normalized spacial score (nSPS) is 11.0. The molecular formula is C20H17ClFN3O. The number of halogens is 2. The Morgan fingerprint density at radius 3 is 2.69 bits per heavy atom. The SMILES string of the molecule is Cc1nccn1-c1ccc(CNC(=O)/C=C/c2ccc(Cl)cc2)cc1F. The molecule has 3 rings (SSSR count). The van der Waals surface area contributed by atoms with E-state index in [9.17, 15) is 9.18 Å². The number of carbonyl (C=O) groups is 1. The molecule has 0 aliphatic carbocycles. The van der Waals surface area contributed by atoms with Gasteiger partial charge in [-0.05, 0) is 48.4 Å². The second-order valence-electron chi connectivity index (χ2n) is 5.73. The highest BCUT2D eigenvalue weighted by Gasteiger charge is 2.08. The summed E-state index contributed by atoms with van der Waals surface area (Å²) in [4.78, 5) is 16.0. The van der Waals surface area contributed by atoms with Crippen LogP contribution in [0.15, 0.2) is 60.9 Å². The van der Waals surface area contributed by atoms with Gasteiger partial charge < -0.3 is 9.88 Å². The van der Waals surface area contributed by atoms with Gasteiger partial charge in [0.2, 0.25) is 5.91 Å². The van der Waals surface area contributed by atoms with E-state index in [1.54, 1.807) is 54.2 Å². The fourth-order valence-corrected chi connectivity index (χ4v) is 2.61. The van der Waals surface area contributed by atoms with Gasteiger partial charge in [0.15, 0.2) is 0 Å². The average molecular weight is 370 g/mol. The Hall–Kier alpha value is -2.92. The van der Waals surface area contributed by atoms with E-state index in [2.05, 4.69) is 10.3 Å². The van der Waals surface area contributed by atoms with Crippen LogP contribution in [-0.4, -0.2) is 15.5 Å². The molecule has 26 heavy (non-hydrogen) atoms. The van der Waals surface area contributed by atoms with Crippen LogP contribution in [-0.2, 0) is 11.3 Å². The molecule has 132 valence electrons. The third-order valence-corrected chi connectivity index (χ3v) is 4.11. The molecule has 2 aromatic carbocycles. The van der Waals surface area contributed by atoms with Gasteiger partial charge in [-0.1, -0.05) is 29.8 Å². The lowest BCUT2D eigenvalue weighted by Crippen LogP contribution is -2.20. The summed E-state index contributed by atoms with van der Waals surface area (Å²) in [5.41, 5.74) is 1.98. The van der Waals surface area contributed by atoms with E-state index in [-0.39, 0.29) is 18.3 Å². The van der Waals surface area contributed by atoms with Crippen LogP contribution in [0.25, 0.3) is 11.8 Å². The summed E-state index contributed by atoms with van der Waals surface area (Å²) in [5.74, 6) is 0.0849. The molecule has 4 nitrogen and oxygen atoms in total. The van der Waals surface area contributed by atoms with Crippen LogP contribution >= 0.6 is 11.6 Å². The predicted octanol–water partition coefficient (Wildman–Crippen LogP) is 4.30. The minimum absolute atomic E-state index is 0.240. The molecule has 0 aliphatic heterocycles. The van der Waals surface area contributed by atoms with Gasteiger partial charge in [-0.3, -0.25) is 4.79 Å². The van der Waals surface area contributed by atoms with Gasteiger partial charge in [0.1, 0.15) is 11.6 Å². The van der Waals surface area contributed by atoms with E-state index in [0.29, 0.717) is 22.1 Å². The molecule has 1 heterocycles. The lowest BCUT2D eigenvalue weighted by molar-refractivity contribution is -0.116. The topological polar surface area (TPSA) is 46.9 Å². The highest BCUT2D eigenvalue weighted by atomic mass is 35.5. The number of imidazole rings is 1. The van der Waals surface area contributed by atoms with Crippen LogP contribution in [0.4, 0.5) is 4.39 Å². The minimum atomic E-state index is -0.366. The summed E-state index contributed by atoms with van der Waals surface area (Å²) in [6.07, 6.45) is 6.45. The molecule has 0 radical (unpaired) electrons. The Morgan fingerprint density at radius 1 is 1.27 bits per heavy atom. The fraction of sp³-hybridized carbons (Fsp3) is 0.100. The number of aromatic nitrogens is 2. The summed E-state index contributed by atoms with van der Waals surface area (Å²) < 4.78 is 16.0. The molecule has 1 N–H and O–H groups in total. The highest BCUT2D eigenvalue weighted by molar-refractivity contribution is 6.30. The van der Waals surface area contributed by atoms with Crippen molar-refractivity contribution >= 4 is 23.6 Å². The minimum Gasteiger partial charge on any atom is -0.348 e. The third kappa shape index (κ3) is 4.37. The number of nitrogens with one attached hydrogen (secondary N) is 1. The monoisotopic (exact) mass is 369 g/mol. The molecule has 6 heteroatoms. The van der Waals surface area contributed by atoms with E-state index in [0.717, 1.165) is 5.56 Å². The number of benzene rings is 2. The second-order valence-corrected chi connectivity index (χ2v) is 6.17. The van der Waals surface area contributed by atoms with E-state index in [4.69, 9.17) is 11.6 Å². The number of hydrogen-bond donors (Lipinski definition) is 1. The maximum absolute atomic E-state index is 14.3. The van der Waals surface area contributed by atoms with Crippen molar-refractivity contribution in [2.75, 3.05) is 0 Å². The van der Waals surface area contributed by atoms with Gasteiger partial charge in [-0.2, -0.15) is 0 Å². The zero-order chi connectivity index (χ0) is 18.5. The van der Waals surface area contributed by atoms with Gasteiger partial charge in [0, 0.05) is 30.0 Å². The van der Waals surface area contributed by atoms with E-state index in [1.807, 2.05) is 12.1 Å². The lowest BCUT2D eigenvalue weighted by Gasteiger charge is -2.09. The summed E-state index contributed by atoms with van der Waals surface area (Å²) in [6, 6.07) is 12.0. The molecule has 0 saturated heterocycles. The number of hydrogen-bond acceptors (Lipinski definition) is 2. The van der Waals surface area contributed by atoms with Crippen molar-refractivity contribution in [3.05, 3.63) is 88.7 Å². The van der Waals surface area contributed by atoms with Crippen molar-refractivity contribution in [2.45, 2.75) is 13.5 Å². The smallest absolute Gasteiger partial charge is 0.244 e. The summed E-state index contributed by atoms with van der Waals surface area (Å²) in [7, 11) is 0. The van der Waals surface area contributed by atoms with Crippen LogP contribution in [0.2, 0.25) is 5.02 Å². The molecule has 0 fully saturated rings. The maximum atomic E-state index is 14.3.